The van der Waals surface area contributed by atoms with E-state index < -0.39 is 17.6 Å². The Bertz CT molecular complexity index is 1320. The minimum Gasteiger partial charge on any atom is -0.305 e. The van der Waals surface area contributed by atoms with Crippen LogP contribution in [0.1, 0.15) is 11.1 Å². The van der Waals surface area contributed by atoms with Crippen LogP contribution in [0.4, 0.5) is 18.9 Å². The molecule has 1 amide bonds. The monoisotopic (exact) mass is 495 g/mol. The van der Waals surface area contributed by atoms with E-state index in [1.165, 1.54) is 18.3 Å². The van der Waals surface area contributed by atoms with Crippen molar-refractivity contribution in [3.8, 4) is 11.4 Å². The van der Waals surface area contributed by atoms with E-state index in [2.05, 4.69) is 15.3 Å². The molecule has 1 aromatic heterocycles. The van der Waals surface area contributed by atoms with E-state index in [4.69, 9.17) is 0 Å². The molecule has 0 aliphatic rings. The van der Waals surface area contributed by atoms with Crippen LogP contribution < -0.4 is 5.01 Å². The molecule has 35 heavy (non-hydrogen) atoms. The average molecular weight is 496 g/mol. The quantitative estimate of drug-likeness (QED) is 0.189. The van der Waals surface area contributed by atoms with Crippen molar-refractivity contribution in [2.45, 2.75) is 11.3 Å². The van der Waals surface area contributed by atoms with Crippen molar-refractivity contribution in [2.75, 3.05) is 10.8 Å². The van der Waals surface area contributed by atoms with Gasteiger partial charge in [0.1, 0.15) is 0 Å². The summed E-state index contributed by atoms with van der Waals surface area (Å²) < 4.78 is 41.6. The SMILES string of the molecule is Cn1c(SCC(=O)N(/N=C\c2ccccc2)c2cccc(C(F)(F)F)c2)nnc1-c1ccccc1. The summed E-state index contributed by atoms with van der Waals surface area (Å²) in [4.78, 5) is 13.1. The lowest BCUT2D eigenvalue weighted by Crippen LogP contribution is -2.28. The van der Waals surface area contributed by atoms with E-state index >= 15 is 0 Å². The minimum atomic E-state index is -4.55. The third-order valence-electron chi connectivity index (χ3n) is 4.97. The number of hydrogen-bond donors (Lipinski definition) is 0. The Morgan fingerprint density at radius 2 is 1.69 bits per heavy atom. The molecule has 1 heterocycles. The van der Waals surface area contributed by atoms with E-state index in [0.717, 1.165) is 34.5 Å². The maximum Gasteiger partial charge on any atom is 0.416 e. The molecule has 0 saturated heterocycles. The van der Waals surface area contributed by atoms with Crippen molar-refractivity contribution in [3.63, 3.8) is 0 Å². The second kappa shape index (κ2) is 10.6. The highest BCUT2D eigenvalue weighted by molar-refractivity contribution is 7.99. The predicted molar refractivity (Wildman–Crippen MR) is 130 cm³/mol. The Kier molecular flexibility index (Phi) is 7.31. The summed E-state index contributed by atoms with van der Waals surface area (Å²) in [5, 5.41) is 14.0. The number of halogens is 3. The zero-order valence-corrected chi connectivity index (χ0v) is 19.4. The van der Waals surface area contributed by atoms with Gasteiger partial charge in [0.15, 0.2) is 11.0 Å². The third kappa shape index (κ3) is 5.96. The normalized spacial score (nSPS) is 11.7. The first-order valence-electron chi connectivity index (χ1n) is 10.5. The van der Waals surface area contributed by atoms with Gasteiger partial charge in [0, 0.05) is 12.6 Å². The molecule has 4 aromatic rings. The molecule has 3 aromatic carbocycles. The predicted octanol–water partition coefficient (Wildman–Crippen LogP) is 5.66. The molecule has 4 rings (SSSR count). The number of carbonyl (C=O) groups is 1. The van der Waals surface area contributed by atoms with Gasteiger partial charge in [-0.25, -0.2) is 5.01 Å². The Morgan fingerprint density at radius 3 is 2.37 bits per heavy atom. The molecule has 0 atom stereocenters. The van der Waals surface area contributed by atoms with Crippen LogP contribution in [0.5, 0.6) is 0 Å². The second-order valence-electron chi connectivity index (χ2n) is 7.43. The molecule has 10 heteroatoms. The van der Waals surface area contributed by atoms with Gasteiger partial charge in [-0.3, -0.25) is 4.79 Å². The van der Waals surface area contributed by atoms with Crippen LogP contribution in [-0.2, 0) is 18.0 Å². The van der Waals surface area contributed by atoms with Gasteiger partial charge < -0.3 is 4.57 Å². The summed E-state index contributed by atoms with van der Waals surface area (Å²) in [5.74, 6) is 0.0199. The summed E-state index contributed by atoms with van der Waals surface area (Å²) in [6.07, 6.45) is -3.12. The number of alkyl halides is 3. The van der Waals surface area contributed by atoms with Gasteiger partial charge in [0.25, 0.3) is 5.91 Å². The van der Waals surface area contributed by atoms with Gasteiger partial charge in [-0.15, -0.1) is 10.2 Å². The number of carbonyl (C=O) groups excluding carboxylic acids is 1. The number of amides is 1. The van der Waals surface area contributed by atoms with Crippen LogP contribution in [0.2, 0.25) is 0 Å². The Balaban J connectivity index is 1.57. The van der Waals surface area contributed by atoms with E-state index in [9.17, 15) is 18.0 Å². The highest BCUT2D eigenvalue weighted by Gasteiger charge is 2.31. The lowest BCUT2D eigenvalue weighted by atomic mass is 10.2. The molecular weight excluding hydrogens is 475 g/mol. The Labute approximate surface area is 204 Å². The molecule has 0 saturated carbocycles. The molecular formula is C25H20F3N5OS. The van der Waals surface area contributed by atoms with Gasteiger partial charge >= 0.3 is 6.18 Å². The first-order valence-corrected chi connectivity index (χ1v) is 11.5. The molecule has 178 valence electrons. The summed E-state index contributed by atoms with van der Waals surface area (Å²) in [6.45, 7) is 0. The van der Waals surface area contributed by atoms with Crippen LogP contribution in [0.3, 0.4) is 0 Å². The molecule has 0 fully saturated rings. The zero-order valence-electron chi connectivity index (χ0n) is 18.6. The minimum absolute atomic E-state index is 0.0144. The number of aromatic nitrogens is 3. The van der Waals surface area contributed by atoms with Crippen LogP contribution in [0.25, 0.3) is 11.4 Å². The van der Waals surface area contributed by atoms with Crippen molar-refractivity contribution < 1.29 is 18.0 Å². The molecule has 0 unspecified atom stereocenters. The van der Waals surface area contributed by atoms with E-state index in [1.807, 2.05) is 36.4 Å². The van der Waals surface area contributed by atoms with Crippen molar-refractivity contribution in [1.29, 1.82) is 0 Å². The maximum atomic E-state index is 13.3. The zero-order chi connectivity index (χ0) is 24.8. The lowest BCUT2D eigenvalue weighted by Gasteiger charge is -2.18. The molecule has 0 radical (unpaired) electrons. The molecule has 0 N–H and O–H groups in total. The molecule has 0 spiro atoms. The fourth-order valence-electron chi connectivity index (χ4n) is 3.22. The van der Waals surface area contributed by atoms with Crippen LogP contribution in [-0.4, -0.2) is 32.6 Å². The number of anilines is 1. The van der Waals surface area contributed by atoms with Crippen molar-refractivity contribution >= 4 is 29.6 Å². The summed E-state index contributed by atoms with van der Waals surface area (Å²) in [7, 11) is 1.78. The Morgan fingerprint density at radius 1 is 1.00 bits per heavy atom. The smallest absolute Gasteiger partial charge is 0.305 e. The van der Waals surface area contributed by atoms with Gasteiger partial charge in [0.05, 0.1) is 23.2 Å². The van der Waals surface area contributed by atoms with Gasteiger partial charge in [-0.05, 0) is 23.8 Å². The topological polar surface area (TPSA) is 63.4 Å². The van der Waals surface area contributed by atoms with Crippen LogP contribution in [0, 0.1) is 0 Å². The van der Waals surface area contributed by atoms with Crippen LogP contribution in [0.15, 0.2) is 95.2 Å². The molecule has 0 aliphatic heterocycles. The number of thioether (sulfide) groups is 1. The fourth-order valence-corrected chi connectivity index (χ4v) is 3.97. The van der Waals surface area contributed by atoms with Crippen molar-refractivity contribution in [2.24, 2.45) is 12.1 Å². The number of benzene rings is 3. The third-order valence-corrected chi connectivity index (χ3v) is 5.97. The first-order chi connectivity index (χ1) is 16.8. The van der Waals surface area contributed by atoms with Crippen LogP contribution >= 0.6 is 11.8 Å². The van der Waals surface area contributed by atoms with Gasteiger partial charge in [-0.1, -0.05) is 78.5 Å². The maximum absolute atomic E-state index is 13.3. The van der Waals surface area contributed by atoms with E-state index in [1.54, 1.807) is 35.9 Å². The van der Waals surface area contributed by atoms with Crippen molar-refractivity contribution in [1.82, 2.24) is 14.8 Å². The first kappa shape index (κ1) is 24.2. The molecule has 6 nitrogen and oxygen atoms in total. The largest absolute Gasteiger partial charge is 0.416 e. The highest BCUT2D eigenvalue weighted by Crippen LogP contribution is 2.32. The number of hydrogen-bond acceptors (Lipinski definition) is 5. The van der Waals surface area contributed by atoms with E-state index in [-0.39, 0.29) is 11.4 Å². The fraction of sp³-hybridized carbons (Fsp3) is 0.120. The Hall–Kier alpha value is -3.92. The second-order valence-corrected chi connectivity index (χ2v) is 8.37. The highest BCUT2D eigenvalue weighted by atomic mass is 32.2. The molecule has 0 aliphatic carbocycles. The summed E-state index contributed by atoms with van der Waals surface area (Å²) in [6, 6.07) is 23.0. The lowest BCUT2D eigenvalue weighted by molar-refractivity contribution is -0.137. The number of rotatable bonds is 7. The van der Waals surface area contributed by atoms with Crippen molar-refractivity contribution in [3.05, 3.63) is 96.1 Å². The van der Waals surface area contributed by atoms with Gasteiger partial charge in [-0.2, -0.15) is 18.3 Å². The number of nitrogens with zero attached hydrogens (tertiary/aromatic N) is 5. The van der Waals surface area contributed by atoms with E-state index in [0.29, 0.717) is 16.5 Å². The van der Waals surface area contributed by atoms with Gasteiger partial charge in [0.2, 0.25) is 0 Å². The number of hydrazone groups is 1. The standard InChI is InChI=1S/C25H20F3N5OS/c1-32-23(19-11-6-3-7-12-19)30-31-24(32)35-17-22(34)33(29-16-18-9-4-2-5-10-18)21-14-8-13-20(15-21)25(26,27)28/h2-16H,17H2,1H3/b29-16-. The average Bonchev–Trinajstić information content (AvgIpc) is 3.24. The summed E-state index contributed by atoms with van der Waals surface area (Å²) >= 11 is 1.13. The molecule has 0 bridgehead atoms. The summed E-state index contributed by atoms with van der Waals surface area (Å²) in [5.41, 5.74) is 0.723.